The number of hydrogen-bond donors (Lipinski definition) is 0. The normalized spacial score (nSPS) is 17.7. The highest BCUT2D eigenvalue weighted by atomic mass is 35.5. The Labute approximate surface area is 138 Å². The third-order valence-corrected chi connectivity index (χ3v) is 3.71. The van der Waals surface area contributed by atoms with E-state index in [1.54, 1.807) is 44.4 Å². The summed E-state index contributed by atoms with van der Waals surface area (Å²) in [5.74, 6) is 1.19. The molecule has 1 aromatic carbocycles. The molecule has 1 unspecified atom stereocenters. The number of amides is 1. The highest BCUT2D eigenvalue weighted by Crippen LogP contribution is 2.26. The molecule has 0 aliphatic carbocycles. The Morgan fingerprint density at radius 2 is 2.22 bits per heavy atom. The van der Waals surface area contributed by atoms with Gasteiger partial charge in [-0.1, -0.05) is 16.8 Å². The van der Waals surface area contributed by atoms with Gasteiger partial charge in [-0.3, -0.25) is 9.69 Å². The van der Waals surface area contributed by atoms with Crippen LogP contribution in [-0.2, 0) is 16.2 Å². The number of hydrogen-bond acceptors (Lipinski definition) is 5. The first-order chi connectivity index (χ1) is 11.1. The van der Waals surface area contributed by atoms with E-state index in [-0.39, 0.29) is 12.5 Å². The van der Waals surface area contributed by atoms with Crippen LogP contribution < -0.4 is 4.74 Å². The monoisotopic (exact) mass is 334 g/mol. The molecule has 3 rings (SSSR count). The largest absolute Gasteiger partial charge is 0.496 e. The van der Waals surface area contributed by atoms with Crippen molar-refractivity contribution in [3.05, 3.63) is 52.9 Å². The van der Waals surface area contributed by atoms with Gasteiger partial charge >= 0.3 is 0 Å². The minimum absolute atomic E-state index is 0.214. The summed E-state index contributed by atoms with van der Waals surface area (Å²) in [6.45, 7) is 1.89. The molecule has 0 saturated heterocycles. The first-order valence-electron chi connectivity index (χ1n) is 7.01. The molecule has 1 aromatic heterocycles. The van der Waals surface area contributed by atoms with Crippen molar-refractivity contribution < 1.29 is 18.8 Å². The minimum atomic E-state index is -0.668. The van der Waals surface area contributed by atoms with E-state index in [4.69, 9.17) is 25.6 Å². The Morgan fingerprint density at radius 3 is 2.91 bits per heavy atom. The third-order valence-electron chi connectivity index (χ3n) is 3.48. The van der Waals surface area contributed by atoms with Crippen LogP contribution in [0, 0.1) is 0 Å². The minimum Gasteiger partial charge on any atom is -0.496 e. The number of furan rings is 1. The molecule has 7 heteroatoms. The van der Waals surface area contributed by atoms with Crippen LogP contribution >= 0.6 is 11.6 Å². The SMILES string of the molecule is COc1ccc(Cl)cc1CN1C(=O)C(C)ON=C1c1ccco1. The van der Waals surface area contributed by atoms with Crippen molar-refractivity contribution in [3.63, 3.8) is 0 Å². The predicted molar refractivity (Wildman–Crippen MR) is 84.3 cm³/mol. The first kappa shape index (κ1) is 15.4. The molecular weight excluding hydrogens is 320 g/mol. The molecule has 1 aliphatic rings. The second-order valence-corrected chi connectivity index (χ2v) is 5.46. The van der Waals surface area contributed by atoms with Crippen LogP contribution in [0.15, 0.2) is 46.2 Å². The maximum absolute atomic E-state index is 12.5. The van der Waals surface area contributed by atoms with Gasteiger partial charge < -0.3 is 14.0 Å². The lowest BCUT2D eigenvalue weighted by Gasteiger charge is -2.29. The standard InChI is InChI=1S/C16H15ClN2O4/c1-10-16(20)19(15(18-23-10)14-4-3-7-22-14)9-11-8-12(17)5-6-13(11)21-2/h3-8,10H,9H2,1-2H3. The van der Waals surface area contributed by atoms with E-state index in [9.17, 15) is 4.79 Å². The zero-order chi connectivity index (χ0) is 16.4. The van der Waals surface area contributed by atoms with Crippen molar-refractivity contribution in [3.8, 4) is 5.75 Å². The second kappa shape index (κ2) is 6.34. The highest BCUT2D eigenvalue weighted by Gasteiger charge is 2.33. The number of ether oxygens (including phenoxy) is 1. The van der Waals surface area contributed by atoms with Gasteiger partial charge in [-0.05, 0) is 37.3 Å². The second-order valence-electron chi connectivity index (χ2n) is 5.02. The average molecular weight is 335 g/mol. The summed E-state index contributed by atoms with van der Waals surface area (Å²) in [5.41, 5.74) is 0.765. The maximum atomic E-state index is 12.5. The van der Waals surface area contributed by atoms with Gasteiger partial charge in [0.2, 0.25) is 11.9 Å². The summed E-state index contributed by atoms with van der Waals surface area (Å²) in [4.78, 5) is 19.2. The molecule has 0 spiro atoms. The highest BCUT2D eigenvalue weighted by molar-refractivity contribution is 6.30. The Morgan fingerprint density at radius 1 is 1.39 bits per heavy atom. The fraction of sp³-hybridized carbons (Fsp3) is 0.250. The van der Waals surface area contributed by atoms with Gasteiger partial charge in [0, 0.05) is 10.6 Å². The van der Waals surface area contributed by atoms with Crippen molar-refractivity contribution in [2.24, 2.45) is 5.16 Å². The molecule has 2 heterocycles. The van der Waals surface area contributed by atoms with Crippen LogP contribution in [0.25, 0.3) is 0 Å². The molecule has 1 atom stereocenters. The molecular formula is C16H15ClN2O4. The Bertz CT molecular complexity index is 743. The van der Waals surface area contributed by atoms with Gasteiger partial charge in [-0.15, -0.1) is 0 Å². The number of nitrogens with zero attached hydrogens (tertiary/aromatic N) is 2. The molecule has 6 nitrogen and oxygen atoms in total. The predicted octanol–water partition coefficient (Wildman–Crippen LogP) is 3.05. The Hall–Kier alpha value is -2.47. The van der Waals surface area contributed by atoms with E-state index in [0.717, 1.165) is 5.56 Å². The summed E-state index contributed by atoms with van der Waals surface area (Å²) in [6, 6.07) is 8.69. The number of carbonyl (C=O) groups is 1. The molecule has 120 valence electrons. The number of carbonyl (C=O) groups excluding carboxylic acids is 1. The fourth-order valence-corrected chi connectivity index (χ4v) is 2.52. The van der Waals surface area contributed by atoms with E-state index in [0.29, 0.717) is 22.4 Å². The van der Waals surface area contributed by atoms with Crippen LogP contribution in [0.4, 0.5) is 0 Å². The lowest BCUT2D eigenvalue weighted by Crippen LogP contribution is -2.46. The maximum Gasteiger partial charge on any atom is 0.272 e. The molecule has 2 aromatic rings. The zero-order valence-corrected chi connectivity index (χ0v) is 13.4. The van der Waals surface area contributed by atoms with E-state index in [2.05, 4.69) is 5.16 Å². The molecule has 1 amide bonds. The van der Waals surface area contributed by atoms with E-state index >= 15 is 0 Å². The molecule has 0 N–H and O–H groups in total. The van der Waals surface area contributed by atoms with E-state index in [1.165, 1.54) is 11.2 Å². The smallest absolute Gasteiger partial charge is 0.272 e. The molecule has 0 radical (unpaired) electrons. The number of benzene rings is 1. The molecule has 23 heavy (non-hydrogen) atoms. The lowest BCUT2D eigenvalue weighted by atomic mass is 10.1. The zero-order valence-electron chi connectivity index (χ0n) is 12.7. The number of methoxy groups -OCH3 is 1. The van der Waals surface area contributed by atoms with Crippen LogP contribution in [0.3, 0.4) is 0 Å². The van der Waals surface area contributed by atoms with Gasteiger partial charge in [0.15, 0.2) is 5.76 Å². The van der Waals surface area contributed by atoms with Gasteiger partial charge in [0.1, 0.15) is 5.75 Å². The van der Waals surface area contributed by atoms with Gasteiger partial charge in [-0.2, -0.15) is 0 Å². The summed E-state index contributed by atoms with van der Waals surface area (Å²) in [7, 11) is 1.57. The lowest BCUT2D eigenvalue weighted by molar-refractivity contribution is -0.142. The number of oxime groups is 1. The quantitative estimate of drug-likeness (QED) is 0.862. The summed E-state index contributed by atoms with van der Waals surface area (Å²) >= 11 is 6.06. The van der Waals surface area contributed by atoms with E-state index in [1.807, 2.05) is 0 Å². The van der Waals surface area contributed by atoms with Crippen LogP contribution in [-0.4, -0.2) is 29.9 Å². The van der Waals surface area contributed by atoms with Crippen LogP contribution in [0.5, 0.6) is 5.75 Å². The molecule has 1 aliphatic heterocycles. The van der Waals surface area contributed by atoms with Gasteiger partial charge in [-0.25, -0.2) is 0 Å². The van der Waals surface area contributed by atoms with Crippen molar-refractivity contribution in [1.29, 1.82) is 0 Å². The summed E-state index contributed by atoms with van der Waals surface area (Å²) in [5, 5.41) is 4.57. The van der Waals surface area contributed by atoms with Crippen molar-refractivity contribution in [1.82, 2.24) is 4.90 Å². The first-order valence-corrected chi connectivity index (χ1v) is 7.39. The van der Waals surface area contributed by atoms with Crippen molar-refractivity contribution >= 4 is 23.3 Å². The average Bonchev–Trinajstić information content (AvgIpc) is 3.06. The summed E-state index contributed by atoms with van der Waals surface area (Å²) in [6.07, 6.45) is 0.845. The molecule has 0 bridgehead atoms. The number of amidine groups is 1. The van der Waals surface area contributed by atoms with Gasteiger partial charge in [0.25, 0.3) is 5.91 Å². The van der Waals surface area contributed by atoms with Crippen LogP contribution in [0.1, 0.15) is 18.2 Å². The van der Waals surface area contributed by atoms with E-state index < -0.39 is 6.10 Å². The topological polar surface area (TPSA) is 64.3 Å². The summed E-state index contributed by atoms with van der Waals surface area (Å²) < 4.78 is 10.7. The molecule has 0 saturated carbocycles. The van der Waals surface area contributed by atoms with Crippen LogP contribution in [0.2, 0.25) is 5.02 Å². The number of rotatable bonds is 4. The Balaban J connectivity index is 1.98. The third kappa shape index (κ3) is 3.03. The fourth-order valence-electron chi connectivity index (χ4n) is 2.32. The number of halogens is 1. The molecule has 0 fully saturated rings. The van der Waals surface area contributed by atoms with Crippen molar-refractivity contribution in [2.45, 2.75) is 19.6 Å². The Kier molecular flexibility index (Phi) is 4.25. The van der Waals surface area contributed by atoms with Crippen molar-refractivity contribution in [2.75, 3.05) is 7.11 Å². The van der Waals surface area contributed by atoms with Gasteiger partial charge in [0.05, 0.1) is 19.9 Å².